The zero-order valence-corrected chi connectivity index (χ0v) is 28.3. The van der Waals surface area contributed by atoms with Crippen molar-refractivity contribution in [2.75, 3.05) is 25.1 Å². The third-order valence-corrected chi connectivity index (χ3v) is 9.26. The van der Waals surface area contributed by atoms with E-state index in [1.807, 2.05) is 42.1 Å². The van der Waals surface area contributed by atoms with Crippen LogP contribution in [0.15, 0.2) is 59.5 Å². The van der Waals surface area contributed by atoms with Crippen LogP contribution in [0.1, 0.15) is 72.5 Å². The summed E-state index contributed by atoms with van der Waals surface area (Å²) in [5, 5.41) is 37.6. The van der Waals surface area contributed by atoms with Crippen LogP contribution in [0.25, 0.3) is 21.9 Å². The van der Waals surface area contributed by atoms with Gasteiger partial charge in [-0.1, -0.05) is 25.1 Å². The predicted molar refractivity (Wildman–Crippen MR) is 190 cm³/mol. The van der Waals surface area contributed by atoms with Crippen molar-refractivity contribution in [3.63, 3.8) is 0 Å². The van der Waals surface area contributed by atoms with Gasteiger partial charge < -0.3 is 35.9 Å². The number of aliphatic hydroxyl groups is 1. The highest BCUT2D eigenvalue weighted by Gasteiger charge is 2.22. The Morgan fingerprint density at radius 2 is 1.94 bits per heavy atom. The van der Waals surface area contributed by atoms with E-state index in [0.29, 0.717) is 35.0 Å². The van der Waals surface area contributed by atoms with Gasteiger partial charge in [0.1, 0.15) is 5.75 Å². The van der Waals surface area contributed by atoms with E-state index in [0.717, 1.165) is 72.6 Å². The number of fused-ring (bicyclic) bond motifs is 2. The van der Waals surface area contributed by atoms with Crippen molar-refractivity contribution in [2.45, 2.75) is 77.7 Å². The Kier molecular flexibility index (Phi) is 10.6. The Hall–Kier alpha value is -4.78. The zero-order valence-electron chi connectivity index (χ0n) is 28.3. The Balaban J connectivity index is 1.12. The lowest BCUT2D eigenvalue weighted by atomic mass is 10.0. The first-order valence-corrected chi connectivity index (χ1v) is 17.1. The summed E-state index contributed by atoms with van der Waals surface area (Å²) >= 11 is 0. The molecule has 2 aromatic carbocycles. The summed E-state index contributed by atoms with van der Waals surface area (Å²) < 4.78 is 7.50. The number of ether oxygens (including phenoxy) is 1. The highest BCUT2D eigenvalue weighted by molar-refractivity contribution is 5.95. The lowest BCUT2D eigenvalue weighted by molar-refractivity contribution is 0.0904. The Bertz CT molecular complexity index is 2000. The summed E-state index contributed by atoms with van der Waals surface area (Å²) in [6.07, 6.45) is 4.18. The number of pyridine rings is 2. The average Bonchev–Trinajstić information content (AvgIpc) is 3.53. The summed E-state index contributed by atoms with van der Waals surface area (Å²) in [5.41, 5.74) is 5.88. The van der Waals surface area contributed by atoms with Gasteiger partial charge in [-0.25, -0.2) is 9.67 Å². The number of rotatable bonds is 13. The number of anilines is 1. The van der Waals surface area contributed by atoms with Crippen molar-refractivity contribution >= 4 is 33.5 Å². The number of hydrogen-bond acceptors (Lipinski definition) is 9. The van der Waals surface area contributed by atoms with Crippen LogP contribution in [0.2, 0.25) is 0 Å². The number of aliphatic hydroxyl groups excluding tert-OH is 1. The van der Waals surface area contributed by atoms with Crippen molar-refractivity contribution in [3.8, 4) is 5.75 Å². The van der Waals surface area contributed by atoms with Gasteiger partial charge in [-0.05, 0) is 74.9 Å². The molecule has 1 saturated heterocycles. The Morgan fingerprint density at radius 1 is 1.12 bits per heavy atom. The van der Waals surface area contributed by atoms with E-state index in [4.69, 9.17) is 9.72 Å². The molecule has 0 aliphatic carbocycles. The number of nitrogens with zero attached hydrogens (tertiary/aromatic N) is 3. The maximum atomic E-state index is 13.5. The predicted octanol–water partition coefficient (Wildman–Crippen LogP) is 4.34. The van der Waals surface area contributed by atoms with Crippen LogP contribution in [0.3, 0.4) is 0 Å². The summed E-state index contributed by atoms with van der Waals surface area (Å²) in [7, 11) is 0. The number of hydrogen-bond donors (Lipinski definition) is 6. The van der Waals surface area contributed by atoms with Crippen molar-refractivity contribution in [1.29, 1.82) is 0 Å². The third-order valence-electron chi connectivity index (χ3n) is 9.26. The Labute approximate surface area is 284 Å². The molecule has 5 aromatic rings. The second-order valence-electron chi connectivity index (χ2n) is 12.7. The lowest BCUT2D eigenvalue weighted by Crippen LogP contribution is -2.32. The fourth-order valence-corrected chi connectivity index (χ4v) is 6.61. The van der Waals surface area contributed by atoms with Crippen LogP contribution in [0, 0.1) is 0 Å². The van der Waals surface area contributed by atoms with Crippen LogP contribution in [0.5, 0.6) is 5.75 Å². The number of phenols is 1. The van der Waals surface area contributed by atoms with E-state index >= 15 is 0 Å². The molecule has 0 bridgehead atoms. The van der Waals surface area contributed by atoms with Crippen LogP contribution in [-0.2, 0) is 30.7 Å². The first kappa shape index (κ1) is 34.1. The van der Waals surface area contributed by atoms with Gasteiger partial charge in [-0.2, -0.15) is 5.10 Å². The minimum atomic E-state index is -0.863. The molecule has 1 amide bonds. The van der Waals surface area contributed by atoms with Crippen LogP contribution >= 0.6 is 0 Å². The van der Waals surface area contributed by atoms with Crippen molar-refractivity contribution in [3.05, 3.63) is 93.0 Å². The van der Waals surface area contributed by atoms with Crippen molar-refractivity contribution < 1.29 is 19.7 Å². The van der Waals surface area contributed by atoms with Gasteiger partial charge in [0.15, 0.2) is 5.65 Å². The lowest BCUT2D eigenvalue weighted by Gasteiger charge is -2.26. The van der Waals surface area contributed by atoms with E-state index < -0.39 is 6.10 Å². The molecule has 4 heterocycles. The molecular formula is C37H45N7O5. The molecule has 6 rings (SSSR count). The number of H-pyrrole nitrogens is 1. The van der Waals surface area contributed by atoms with Gasteiger partial charge in [0.05, 0.1) is 28.9 Å². The highest BCUT2D eigenvalue weighted by Crippen LogP contribution is 2.32. The number of phenolic OH excluding ortho intramolecular Hbond substituents is 1. The normalized spacial score (nSPS) is 15.0. The monoisotopic (exact) mass is 667 g/mol. The third kappa shape index (κ3) is 7.61. The molecule has 6 N–H and O–H groups in total. The van der Waals surface area contributed by atoms with Gasteiger partial charge in [0.25, 0.3) is 5.91 Å². The number of aryl methyl sites for hydroxylation is 2. The molecule has 0 spiro atoms. The van der Waals surface area contributed by atoms with E-state index in [9.17, 15) is 19.8 Å². The molecule has 1 aliphatic heterocycles. The van der Waals surface area contributed by atoms with Gasteiger partial charge >= 0.3 is 0 Å². The summed E-state index contributed by atoms with van der Waals surface area (Å²) in [6, 6.07) is 14.0. The molecule has 12 heteroatoms. The van der Waals surface area contributed by atoms with Gasteiger partial charge in [0.2, 0.25) is 5.56 Å². The van der Waals surface area contributed by atoms with Crippen molar-refractivity contribution in [1.82, 2.24) is 30.4 Å². The zero-order chi connectivity index (χ0) is 34.5. The molecule has 258 valence electrons. The smallest absolute Gasteiger partial charge is 0.251 e. The number of aromatic hydroxyl groups is 1. The molecule has 12 nitrogen and oxygen atoms in total. The topological polar surface area (TPSA) is 166 Å². The number of carbonyl (C=O) groups is 1. The standard InChI is InChI=1S/C37H45N7O5/c1-4-30-28(34(41-25-13-15-49-16-14-25)29-20-40-44(5-2)36(29)42-30)19-39-37(48)24-8-6-7-23(18-24)17-22(3)38-21-32(46)26-9-11-31(45)35-27(26)10-12-33(47)43-35/h6-12,18,20,22,25,32,38,45-46H,4-5,13-17,19,21H2,1-3H3,(H,39,48)(H,41,42)(H,43,47)/t22?,32-/m1/s1. The second-order valence-corrected chi connectivity index (χ2v) is 12.7. The van der Waals surface area contributed by atoms with Crippen LogP contribution in [0.4, 0.5) is 5.69 Å². The van der Waals surface area contributed by atoms with E-state index in [-0.39, 0.29) is 35.8 Å². The minimum Gasteiger partial charge on any atom is -0.506 e. The minimum absolute atomic E-state index is 0.0103. The largest absolute Gasteiger partial charge is 0.506 e. The fraction of sp³-hybridized carbons (Fsp3) is 0.405. The summed E-state index contributed by atoms with van der Waals surface area (Å²) in [4.78, 5) is 32.9. The maximum absolute atomic E-state index is 13.5. The molecule has 1 unspecified atom stereocenters. The maximum Gasteiger partial charge on any atom is 0.251 e. The van der Waals surface area contributed by atoms with E-state index in [1.54, 1.807) is 12.1 Å². The molecule has 1 fully saturated rings. The number of aromatic nitrogens is 4. The second kappa shape index (κ2) is 15.2. The fourth-order valence-electron chi connectivity index (χ4n) is 6.61. The Morgan fingerprint density at radius 3 is 2.71 bits per heavy atom. The first-order valence-electron chi connectivity index (χ1n) is 17.1. The molecule has 3 aromatic heterocycles. The SMILES string of the molecule is CCc1nc2c(cnn2CC)c(NC2CCOCC2)c1CNC(=O)c1cccc(CC(C)NC[C@@H](O)c2ccc(O)c3[nH]c(=O)ccc23)c1. The van der Waals surface area contributed by atoms with Gasteiger partial charge in [-0.15, -0.1) is 0 Å². The quantitative estimate of drug-likeness (QED) is 0.107. The summed E-state index contributed by atoms with van der Waals surface area (Å²) in [6.45, 7) is 8.90. The molecular weight excluding hydrogens is 622 g/mol. The number of amides is 1. The number of benzene rings is 2. The first-order chi connectivity index (χ1) is 23.7. The molecule has 0 radical (unpaired) electrons. The van der Waals surface area contributed by atoms with E-state index in [1.165, 1.54) is 12.1 Å². The number of nitrogens with one attached hydrogen (secondary N) is 4. The number of aromatic amines is 1. The van der Waals surface area contributed by atoms with Crippen molar-refractivity contribution in [2.24, 2.45) is 0 Å². The van der Waals surface area contributed by atoms with Crippen LogP contribution in [-0.4, -0.2) is 67.7 Å². The molecule has 1 aliphatic rings. The van der Waals surface area contributed by atoms with E-state index in [2.05, 4.69) is 39.9 Å². The molecule has 0 saturated carbocycles. The van der Waals surface area contributed by atoms with Gasteiger partial charge in [-0.3, -0.25) is 9.59 Å². The average molecular weight is 668 g/mol. The number of carbonyl (C=O) groups excluding carboxylic acids is 1. The van der Waals surface area contributed by atoms with Gasteiger partial charge in [0, 0.05) is 73.2 Å². The highest BCUT2D eigenvalue weighted by atomic mass is 16.5. The molecule has 2 atom stereocenters. The molecule has 49 heavy (non-hydrogen) atoms. The summed E-state index contributed by atoms with van der Waals surface area (Å²) in [5.74, 6) is -0.216. The van der Waals surface area contributed by atoms with Crippen LogP contribution < -0.4 is 21.5 Å².